The van der Waals surface area contributed by atoms with Crippen molar-refractivity contribution in [2.75, 3.05) is 20.7 Å². The normalized spacial score (nSPS) is 18.8. The van der Waals surface area contributed by atoms with Gasteiger partial charge in [0.1, 0.15) is 10.2 Å². The van der Waals surface area contributed by atoms with E-state index in [1.807, 2.05) is 0 Å². The molecule has 0 radical (unpaired) electrons. The molecule has 1 heterocycles. The lowest BCUT2D eigenvalue weighted by molar-refractivity contribution is -0.295. The summed E-state index contributed by atoms with van der Waals surface area (Å²) in [7, 11) is 2.77. The molecule has 0 saturated heterocycles. The second kappa shape index (κ2) is 8.97. The maximum atomic E-state index is 13.6. The molecule has 1 unspecified atom stereocenters. The van der Waals surface area contributed by atoms with Crippen molar-refractivity contribution < 1.29 is 32.5 Å². The lowest BCUT2D eigenvalue weighted by Crippen LogP contribution is -2.41. The van der Waals surface area contributed by atoms with Crippen LogP contribution < -0.4 is 5.11 Å². The molecular weight excluding hydrogens is 445 g/mol. The zero-order valence-electron chi connectivity index (χ0n) is 15.4. The van der Waals surface area contributed by atoms with Crippen molar-refractivity contribution >= 4 is 27.5 Å². The van der Waals surface area contributed by atoms with E-state index in [0.717, 1.165) is 6.26 Å². The summed E-state index contributed by atoms with van der Waals surface area (Å²) in [5.41, 5.74) is -0.462. The summed E-state index contributed by atoms with van der Waals surface area (Å²) in [6, 6.07) is 6.31. The van der Waals surface area contributed by atoms with Crippen molar-refractivity contribution in [3.05, 3.63) is 51.8 Å². The fourth-order valence-corrected chi connectivity index (χ4v) is 3.84. The van der Waals surface area contributed by atoms with Crippen LogP contribution in [0.5, 0.6) is 0 Å². The van der Waals surface area contributed by atoms with E-state index in [1.165, 1.54) is 30.2 Å². The number of aliphatic carboxylic acids is 1. The molecule has 0 fully saturated rings. The van der Waals surface area contributed by atoms with E-state index >= 15 is 0 Å². The summed E-state index contributed by atoms with van der Waals surface area (Å²) in [5, 5.41) is 14.1. The van der Waals surface area contributed by atoms with Crippen molar-refractivity contribution in [1.82, 2.24) is 10.0 Å². The molecule has 28 heavy (non-hydrogen) atoms. The number of ether oxygens (including phenoxy) is 2. The van der Waals surface area contributed by atoms with Crippen LogP contribution in [-0.4, -0.2) is 49.1 Å². The van der Waals surface area contributed by atoms with E-state index in [0.29, 0.717) is 12.1 Å². The Morgan fingerprint density at radius 1 is 1.36 bits per heavy atom. The Morgan fingerprint density at radius 2 is 2.00 bits per heavy atom. The number of hydrogen-bond donors (Lipinski definition) is 0. The minimum atomic E-state index is -4.60. The number of rotatable bonds is 7. The number of likely N-dealkylation sites (N-methyl/N-ethyl adjacent to an activating group) is 1. The molecule has 0 amide bonds. The first-order valence-corrected chi connectivity index (χ1v) is 9.04. The Labute approximate surface area is 168 Å². The number of hydrogen-bond acceptors (Lipinski definition) is 6. The fourth-order valence-electron chi connectivity index (χ4n) is 2.92. The predicted octanol–water partition coefficient (Wildman–Crippen LogP) is 2.62. The SMILES string of the molecule is CCN1C(Br)=C(C(F)(F)F)C(OCc2ccccc2/C(=C\OC)C(=O)[O-])N1C. The molecule has 6 nitrogen and oxygen atoms in total. The third-order valence-electron chi connectivity index (χ3n) is 4.18. The lowest BCUT2D eigenvalue weighted by Gasteiger charge is -2.30. The number of benzene rings is 1. The van der Waals surface area contributed by atoms with Crippen LogP contribution in [-0.2, 0) is 20.9 Å². The molecule has 2 rings (SSSR count). The van der Waals surface area contributed by atoms with Crippen molar-refractivity contribution in [3.63, 3.8) is 0 Å². The third-order valence-corrected chi connectivity index (χ3v) is 5.02. The number of halogens is 4. The molecule has 1 aromatic rings. The van der Waals surface area contributed by atoms with E-state index in [9.17, 15) is 23.1 Å². The number of carbonyl (C=O) groups excluding carboxylic acids is 1. The number of nitrogens with zero attached hydrogens (tertiary/aromatic N) is 2. The van der Waals surface area contributed by atoms with Crippen LogP contribution in [0.25, 0.3) is 5.57 Å². The highest BCUT2D eigenvalue weighted by Crippen LogP contribution is 2.42. The van der Waals surface area contributed by atoms with Crippen molar-refractivity contribution in [2.45, 2.75) is 25.9 Å². The van der Waals surface area contributed by atoms with Gasteiger partial charge in [-0.25, -0.2) is 0 Å². The van der Waals surface area contributed by atoms with Gasteiger partial charge < -0.3 is 19.4 Å². The molecule has 0 saturated carbocycles. The fraction of sp³-hybridized carbons (Fsp3) is 0.389. The largest absolute Gasteiger partial charge is 0.545 e. The van der Waals surface area contributed by atoms with Gasteiger partial charge in [-0.2, -0.15) is 18.2 Å². The minimum Gasteiger partial charge on any atom is -0.545 e. The average Bonchev–Trinajstić information content (AvgIpc) is 2.87. The topological polar surface area (TPSA) is 65.1 Å². The van der Waals surface area contributed by atoms with Gasteiger partial charge in [0, 0.05) is 19.2 Å². The molecule has 0 aliphatic carbocycles. The van der Waals surface area contributed by atoms with Gasteiger partial charge in [-0.3, -0.25) is 5.01 Å². The third kappa shape index (κ3) is 4.50. The average molecular weight is 464 g/mol. The Morgan fingerprint density at radius 3 is 2.54 bits per heavy atom. The number of carboxylic acids is 1. The van der Waals surface area contributed by atoms with Crippen LogP contribution in [0.1, 0.15) is 18.1 Å². The molecule has 10 heteroatoms. The summed E-state index contributed by atoms with van der Waals surface area (Å²) in [6.07, 6.45) is -4.99. The second-order valence-corrected chi connectivity index (χ2v) is 6.62. The van der Waals surface area contributed by atoms with Crippen LogP contribution in [0.2, 0.25) is 0 Å². The van der Waals surface area contributed by atoms with Crippen LogP contribution in [0.4, 0.5) is 13.2 Å². The molecule has 1 aliphatic rings. The van der Waals surface area contributed by atoms with E-state index in [-0.39, 0.29) is 22.3 Å². The van der Waals surface area contributed by atoms with Crippen LogP contribution in [0.15, 0.2) is 40.7 Å². The molecule has 0 N–H and O–H groups in total. The first-order chi connectivity index (χ1) is 13.1. The highest BCUT2D eigenvalue weighted by molar-refractivity contribution is 9.11. The Hall–Kier alpha value is -2.04. The highest BCUT2D eigenvalue weighted by atomic mass is 79.9. The van der Waals surface area contributed by atoms with Crippen molar-refractivity contribution in [2.24, 2.45) is 0 Å². The second-order valence-electron chi connectivity index (χ2n) is 5.87. The number of methoxy groups -OCH3 is 1. The molecular formula is C18H19BrF3N2O4-. The van der Waals surface area contributed by atoms with Gasteiger partial charge in [-0.15, -0.1) is 0 Å². The van der Waals surface area contributed by atoms with E-state index < -0.39 is 23.9 Å². The van der Waals surface area contributed by atoms with Gasteiger partial charge in [0.2, 0.25) is 0 Å². The van der Waals surface area contributed by atoms with Crippen LogP contribution >= 0.6 is 15.9 Å². The van der Waals surface area contributed by atoms with E-state index in [4.69, 9.17) is 9.47 Å². The number of carbonyl (C=O) groups is 1. The standard InChI is InChI=1S/C18H20BrF3N2O4/c1-4-24-15(19)14(18(20,21)22)16(23(24)2)28-9-11-7-5-6-8-12(11)13(10-27-3)17(25)26/h5-8,10,16H,4,9H2,1-3H3,(H,25,26)/p-1/b13-10+. The zero-order chi connectivity index (χ0) is 21.1. The molecule has 1 aliphatic heterocycles. The molecule has 0 spiro atoms. The smallest absolute Gasteiger partial charge is 0.419 e. The van der Waals surface area contributed by atoms with Gasteiger partial charge in [0.15, 0.2) is 6.23 Å². The maximum Gasteiger partial charge on any atom is 0.419 e. The zero-order valence-corrected chi connectivity index (χ0v) is 17.0. The summed E-state index contributed by atoms with van der Waals surface area (Å²) in [6.45, 7) is 1.76. The molecule has 1 atom stereocenters. The van der Waals surface area contributed by atoms with Gasteiger partial charge in [-0.05, 0) is 34.0 Å². The lowest BCUT2D eigenvalue weighted by atomic mass is 10.0. The van der Waals surface area contributed by atoms with E-state index in [2.05, 4.69) is 15.9 Å². The molecule has 1 aromatic carbocycles. The monoisotopic (exact) mass is 463 g/mol. The predicted molar refractivity (Wildman–Crippen MR) is 97.2 cm³/mol. The van der Waals surface area contributed by atoms with Crippen LogP contribution in [0.3, 0.4) is 0 Å². The van der Waals surface area contributed by atoms with Gasteiger partial charge in [-0.1, -0.05) is 24.3 Å². The van der Waals surface area contributed by atoms with Crippen molar-refractivity contribution in [1.29, 1.82) is 0 Å². The Kier molecular flexibility index (Phi) is 7.13. The minimum absolute atomic E-state index is 0.113. The van der Waals surface area contributed by atoms with Crippen LogP contribution in [0, 0.1) is 0 Å². The molecule has 0 bridgehead atoms. The Balaban J connectivity index is 2.34. The number of hydrazine groups is 1. The maximum absolute atomic E-state index is 13.6. The molecule has 154 valence electrons. The van der Waals surface area contributed by atoms with Gasteiger partial charge >= 0.3 is 6.18 Å². The summed E-state index contributed by atoms with van der Waals surface area (Å²) in [5.74, 6) is -1.47. The van der Waals surface area contributed by atoms with Gasteiger partial charge in [0.05, 0.1) is 25.9 Å². The number of carboxylic acid groups (broad SMARTS) is 1. The summed E-state index contributed by atoms with van der Waals surface area (Å²) < 4.78 is 50.9. The highest BCUT2D eigenvalue weighted by Gasteiger charge is 2.49. The summed E-state index contributed by atoms with van der Waals surface area (Å²) >= 11 is 3.00. The van der Waals surface area contributed by atoms with Gasteiger partial charge in [0.25, 0.3) is 0 Å². The summed E-state index contributed by atoms with van der Waals surface area (Å²) in [4.78, 5) is 11.4. The molecule has 0 aromatic heterocycles. The first kappa shape index (κ1) is 22.3. The first-order valence-electron chi connectivity index (χ1n) is 8.24. The Bertz CT molecular complexity index is 795. The number of alkyl halides is 3. The van der Waals surface area contributed by atoms with Crippen molar-refractivity contribution in [3.8, 4) is 0 Å². The quantitative estimate of drug-likeness (QED) is 0.351. The van der Waals surface area contributed by atoms with E-state index in [1.54, 1.807) is 25.1 Å².